The molecule has 296 valence electrons. The summed E-state index contributed by atoms with van der Waals surface area (Å²) in [5, 5.41) is 60.7. The van der Waals surface area contributed by atoms with Gasteiger partial charge in [-0.25, -0.2) is 0 Å². The number of carboxylic acid groups (broad SMARTS) is 1. The number of allylic oxidation sites excluding steroid dienone is 1. The van der Waals surface area contributed by atoms with Gasteiger partial charge in [-0.3, -0.25) is 5.73 Å². The molecule has 4 aliphatic rings. The average Bonchev–Trinajstić information content (AvgIpc) is 3.39. The second-order valence-corrected chi connectivity index (χ2v) is 18.1. The smallest absolute Gasteiger partial charge is 0.137 e. The van der Waals surface area contributed by atoms with Gasteiger partial charge in [-0.2, -0.15) is 0 Å². The van der Waals surface area contributed by atoms with Crippen molar-refractivity contribution in [2.75, 3.05) is 13.1 Å². The van der Waals surface area contributed by atoms with Crippen molar-refractivity contribution < 1.29 is 41.0 Å². The maximum atomic E-state index is 12.2. The highest BCUT2D eigenvalue weighted by atomic mass is 16.4. The lowest BCUT2D eigenvalue weighted by atomic mass is 9.81. The van der Waals surface area contributed by atoms with Crippen molar-refractivity contribution in [1.82, 2.24) is 0 Å². The van der Waals surface area contributed by atoms with Gasteiger partial charge in [0, 0.05) is 36.6 Å². The number of aliphatic hydroxyl groups excluding tert-OH is 3. The molecule has 0 spiro atoms. The van der Waals surface area contributed by atoms with E-state index in [0.29, 0.717) is 67.7 Å². The van der Waals surface area contributed by atoms with Gasteiger partial charge in [-0.15, -0.1) is 0 Å². The molecule has 1 aliphatic heterocycles. The Hall–Kier alpha value is -1.07. The SMILES string of the molecule is CCCCCC1C=CC(CCCCCC(C(=O)[O-])C(O)CCC2(O)CC(C[NH2+]C(C)CC3CCCC(O)C3)C(CC3CC[NH2+]C(N)C3)C2)C(O)C1. The van der Waals surface area contributed by atoms with Gasteiger partial charge in [0.1, 0.15) is 6.17 Å². The van der Waals surface area contributed by atoms with Crippen molar-refractivity contribution in [3.8, 4) is 0 Å². The van der Waals surface area contributed by atoms with Crippen LogP contribution in [0.5, 0.6) is 0 Å². The Morgan fingerprint density at radius 1 is 0.980 bits per heavy atom. The van der Waals surface area contributed by atoms with Gasteiger partial charge in [-0.1, -0.05) is 70.4 Å². The number of rotatable bonds is 22. The molecule has 9 heteroatoms. The van der Waals surface area contributed by atoms with Crippen LogP contribution in [0.3, 0.4) is 0 Å². The van der Waals surface area contributed by atoms with Gasteiger partial charge >= 0.3 is 0 Å². The molecule has 0 aromatic carbocycles. The minimum absolute atomic E-state index is 0.150. The van der Waals surface area contributed by atoms with Crippen LogP contribution < -0.4 is 21.5 Å². The largest absolute Gasteiger partial charge is 0.550 e. The van der Waals surface area contributed by atoms with Crippen LogP contribution >= 0.6 is 0 Å². The molecule has 9 nitrogen and oxygen atoms in total. The quantitative estimate of drug-likeness (QED) is 0.0664. The lowest BCUT2D eigenvalue weighted by Crippen LogP contribution is -2.94. The Balaban J connectivity index is 1.22. The molecule has 10 N–H and O–H groups in total. The Morgan fingerprint density at radius 2 is 1.76 bits per heavy atom. The second-order valence-electron chi connectivity index (χ2n) is 18.1. The number of piperidine rings is 1. The van der Waals surface area contributed by atoms with Crippen molar-refractivity contribution in [2.24, 2.45) is 47.2 Å². The summed E-state index contributed by atoms with van der Waals surface area (Å²) in [5.74, 6) is 0.447. The standard InChI is InChI=1S/C42H77N3O6/c1-3-4-6-10-30-15-16-33(39(48)24-30)12-7-5-8-14-37(41(49)50)38(47)17-19-42(51)26-34(22-32-18-20-44-40(43)25-32)35(27-42)28-45-29(2)21-31-11-9-13-36(46)23-31/h15-16,29-40,44-48,51H,3-14,17-28,43H2,1-2H3,(H,49,50)/p+1. The van der Waals surface area contributed by atoms with Crippen LogP contribution in [0.4, 0.5) is 0 Å². The van der Waals surface area contributed by atoms with E-state index >= 15 is 0 Å². The number of carbonyl (C=O) groups is 1. The minimum Gasteiger partial charge on any atom is -0.550 e. The van der Waals surface area contributed by atoms with Gasteiger partial charge < -0.3 is 41.0 Å². The van der Waals surface area contributed by atoms with E-state index in [1.165, 1.54) is 25.7 Å². The summed E-state index contributed by atoms with van der Waals surface area (Å²) < 4.78 is 0. The number of quaternary nitrogens is 2. The minimum atomic E-state index is -1.20. The second kappa shape index (κ2) is 21.7. The van der Waals surface area contributed by atoms with Crippen LogP contribution in [0.1, 0.15) is 155 Å². The molecule has 3 aliphatic carbocycles. The fraction of sp³-hybridized carbons (Fsp3) is 0.929. The van der Waals surface area contributed by atoms with E-state index in [2.05, 4.69) is 36.6 Å². The normalized spacial score (nSPS) is 36.2. The van der Waals surface area contributed by atoms with Crippen LogP contribution in [0.25, 0.3) is 0 Å². The number of aliphatic hydroxyl groups is 4. The van der Waals surface area contributed by atoms with E-state index in [1.54, 1.807) is 0 Å². The highest BCUT2D eigenvalue weighted by Gasteiger charge is 2.46. The third-order valence-electron chi connectivity index (χ3n) is 13.6. The molecule has 3 fully saturated rings. The number of carboxylic acids is 1. The Labute approximate surface area is 310 Å². The molecule has 4 rings (SSSR count). The first kappa shape index (κ1) is 42.7. The van der Waals surface area contributed by atoms with Gasteiger partial charge in [0.25, 0.3) is 0 Å². The molecule has 1 heterocycles. The maximum absolute atomic E-state index is 12.2. The number of unbranched alkanes of at least 4 members (excludes halogenated alkanes) is 4. The number of nitrogens with two attached hydrogens (primary N) is 3. The zero-order valence-corrected chi connectivity index (χ0v) is 32.4. The highest BCUT2D eigenvalue weighted by molar-refractivity contribution is 5.68. The molecule has 0 amide bonds. The lowest BCUT2D eigenvalue weighted by molar-refractivity contribution is -0.699. The van der Waals surface area contributed by atoms with Gasteiger partial charge in [0.05, 0.1) is 43.0 Å². The fourth-order valence-corrected chi connectivity index (χ4v) is 10.6. The summed E-state index contributed by atoms with van der Waals surface area (Å²) in [6.07, 6.45) is 23.2. The summed E-state index contributed by atoms with van der Waals surface area (Å²) in [6, 6.07) is 0.467. The predicted molar refractivity (Wildman–Crippen MR) is 200 cm³/mol. The van der Waals surface area contributed by atoms with E-state index in [1.807, 2.05) is 0 Å². The summed E-state index contributed by atoms with van der Waals surface area (Å²) in [7, 11) is 0. The van der Waals surface area contributed by atoms with E-state index < -0.39 is 23.6 Å². The number of aliphatic carboxylic acids is 1. The first-order valence-corrected chi connectivity index (χ1v) is 21.5. The molecule has 13 unspecified atom stereocenters. The van der Waals surface area contributed by atoms with Crippen molar-refractivity contribution in [3.05, 3.63) is 12.2 Å². The molecule has 0 radical (unpaired) electrons. The predicted octanol–water partition coefficient (Wildman–Crippen LogP) is 2.88. The highest BCUT2D eigenvalue weighted by Crippen LogP contribution is 2.45. The van der Waals surface area contributed by atoms with Crippen LogP contribution in [0.15, 0.2) is 12.2 Å². The van der Waals surface area contributed by atoms with Crippen LogP contribution in [-0.4, -0.2) is 75.6 Å². The zero-order valence-electron chi connectivity index (χ0n) is 32.4. The average molecular weight is 721 g/mol. The number of carbonyl (C=O) groups excluding carboxylic acids is 1. The molecule has 0 aromatic rings. The number of hydrogen-bond donors (Lipinski definition) is 7. The van der Waals surface area contributed by atoms with Crippen LogP contribution in [0, 0.1) is 41.4 Å². The fourth-order valence-electron chi connectivity index (χ4n) is 10.6. The summed E-state index contributed by atoms with van der Waals surface area (Å²) in [4.78, 5) is 12.2. The van der Waals surface area contributed by atoms with Crippen molar-refractivity contribution in [1.29, 1.82) is 0 Å². The monoisotopic (exact) mass is 721 g/mol. The van der Waals surface area contributed by atoms with E-state index in [9.17, 15) is 30.3 Å². The molecular formula is C42H78N3O6+. The van der Waals surface area contributed by atoms with Crippen molar-refractivity contribution >= 4 is 5.97 Å². The summed E-state index contributed by atoms with van der Waals surface area (Å²) in [5.41, 5.74) is 5.41. The molecule has 13 atom stereocenters. The molecule has 51 heavy (non-hydrogen) atoms. The van der Waals surface area contributed by atoms with Crippen LogP contribution in [-0.2, 0) is 4.79 Å². The molecule has 2 saturated carbocycles. The maximum Gasteiger partial charge on any atom is 0.137 e. The van der Waals surface area contributed by atoms with E-state index in [0.717, 1.165) is 90.1 Å². The lowest BCUT2D eigenvalue weighted by Gasteiger charge is -2.30. The molecule has 0 bridgehead atoms. The molecular weight excluding hydrogens is 642 g/mol. The van der Waals surface area contributed by atoms with Crippen molar-refractivity contribution in [3.63, 3.8) is 0 Å². The first-order chi connectivity index (χ1) is 24.4. The van der Waals surface area contributed by atoms with Gasteiger partial charge in [0.2, 0.25) is 0 Å². The summed E-state index contributed by atoms with van der Waals surface area (Å²) in [6.45, 7) is 6.53. The third kappa shape index (κ3) is 14.6. The van der Waals surface area contributed by atoms with Crippen molar-refractivity contribution in [2.45, 2.75) is 191 Å². The Kier molecular flexibility index (Phi) is 18.2. The molecule has 0 aromatic heterocycles. The zero-order chi connectivity index (χ0) is 36.8. The first-order valence-electron chi connectivity index (χ1n) is 21.5. The third-order valence-corrected chi connectivity index (χ3v) is 13.6. The van der Waals surface area contributed by atoms with Crippen LogP contribution in [0.2, 0.25) is 0 Å². The van der Waals surface area contributed by atoms with Gasteiger partial charge in [0.15, 0.2) is 0 Å². The Morgan fingerprint density at radius 3 is 2.49 bits per heavy atom. The van der Waals surface area contributed by atoms with Gasteiger partial charge in [-0.05, 0) is 108 Å². The molecule has 1 saturated heterocycles. The van der Waals surface area contributed by atoms with E-state index in [-0.39, 0.29) is 30.7 Å². The Bertz CT molecular complexity index is 1030. The number of hydrogen-bond acceptors (Lipinski definition) is 7. The topological polar surface area (TPSA) is 180 Å². The van der Waals surface area contributed by atoms with E-state index in [4.69, 9.17) is 5.73 Å². The summed E-state index contributed by atoms with van der Waals surface area (Å²) >= 11 is 0.